The summed E-state index contributed by atoms with van der Waals surface area (Å²) in [5.41, 5.74) is 5.35. The first kappa shape index (κ1) is 48.1. The summed E-state index contributed by atoms with van der Waals surface area (Å²) in [7, 11) is -4.28. The van der Waals surface area contributed by atoms with Gasteiger partial charge in [0.25, 0.3) is 0 Å². The molecule has 0 saturated heterocycles. The molecule has 0 saturated carbocycles. The Morgan fingerprint density at radius 3 is 1.45 bits per heavy atom. The van der Waals surface area contributed by atoms with E-state index in [0.29, 0.717) is 6.42 Å². The van der Waals surface area contributed by atoms with Gasteiger partial charge < -0.3 is 20.1 Å². The topological polar surface area (TPSA) is 117 Å². The van der Waals surface area contributed by atoms with Gasteiger partial charge in [0.05, 0.1) is 19.5 Å². The van der Waals surface area contributed by atoms with E-state index in [0.717, 1.165) is 32.1 Å². The average molecular weight is 718 g/mol. The molecule has 0 fully saturated rings. The fraction of sp³-hybridized carbons (Fsp3) is 0.925. The third-order valence-electron chi connectivity index (χ3n) is 9.03. The van der Waals surface area contributed by atoms with Crippen LogP contribution in [0.5, 0.6) is 0 Å². The molecule has 0 aliphatic carbocycles. The number of rotatable bonds is 40. The Morgan fingerprint density at radius 1 is 0.612 bits per heavy atom. The molecule has 0 amide bonds. The van der Waals surface area contributed by atoms with Gasteiger partial charge in [-0.2, -0.15) is 0 Å². The minimum atomic E-state index is -4.28. The quantitative estimate of drug-likeness (QED) is 0.0278. The van der Waals surface area contributed by atoms with Crippen LogP contribution in [0.25, 0.3) is 0 Å². The Hall–Kier alpha value is -0.920. The lowest BCUT2D eigenvalue weighted by Crippen LogP contribution is -2.27. The van der Waals surface area contributed by atoms with Crippen LogP contribution in [0.2, 0.25) is 0 Å². The molecule has 0 radical (unpaired) electrons. The number of phosphoric ester groups is 1. The van der Waals surface area contributed by atoms with Crippen LogP contribution in [-0.4, -0.2) is 43.3 Å². The molecule has 0 aliphatic heterocycles. The van der Waals surface area contributed by atoms with Crippen LogP contribution in [0.4, 0.5) is 0 Å². The molecule has 0 aromatic heterocycles. The van der Waals surface area contributed by atoms with Crippen molar-refractivity contribution in [3.63, 3.8) is 0 Å². The zero-order valence-corrected chi connectivity index (χ0v) is 33.1. The third-order valence-corrected chi connectivity index (χ3v) is 10.0. The van der Waals surface area contributed by atoms with Crippen LogP contribution in [0.15, 0.2) is 12.3 Å². The molecular formula is C40H80NO7P. The minimum Gasteiger partial charge on any atom is -0.498 e. The van der Waals surface area contributed by atoms with Gasteiger partial charge in [-0.15, -0.1) is 0 Å². The smallest absolute Gasteiger partial charge is 0.472 e. The number of nitrogens with two attached hydrogens (primary N) is 1. The number of phosphoric acid groups is 1. The first-order chi connectivity index (χ1) is 23.9. The van der Waals surface area contributed by atoms with Crippen LogP contribution >= 0.6 is 7.82 Å². The van der Waals surface area contributed by atoms with E-state index in [4.69, 9.17) is 24.3 Å². The van der Waals surface area contributed by atoms with Gasteiger partial charge in [-0.3, -0.25) is 13.8 Å². The predicted molar refractivity (Wildman–Crippen MR) is 206 cm³/mol. The molecule has 0 bridgehead atoms. The van der Waals surface area contributed by atoms with Gasteiger partial charge in [0.1, 0.15) is 6.61 Å². The second kappa shape index (κ2) is 38.3. The number of esters is 1. The molecule has 3 N–H and O–H groups in total. The van der Waals surface area contributed by atoms with Crippen molar-refractivity contribution >= 4 is 13.8 Å². The average Bonchev–Trinajstić information content (AvgIpc) is 3.09. The van der Waals surface area contributed by atoms with Crippen molar-refractivity contribution in [3.05, 3.63) is 12.3 Å². The van der Waals surface area contributed by atoms with E-state index in [-0.39, 0.29) is 32.3 Å². The number of ether oxygens (including phenoxy) is 2. The van der Waals surface area contributed by atoms with Gasteiger partial charge in [-0.1, -0.05) is 181 Å². The van der Waals surface area contributed by atoms with Gasteiger partial charge in [0, 0.05) is 13.0 Å². The molecule has 0 aromatic rings. The van der Waals surface area contributed by atoms with Crippen molar-refractivity contribution < 1.29 is 32.8 Å². The molecule has 2 atom stereocenters. The Bertz CT molecular complexity index is 767. The second-order valence-corrected chi connectivity index (χ2v) is 15.4. The first-order valence-corrected chi connectivity index (χ1v) is 22.2. The summed E-state index contributed by atoms with van der Waals surface area (Å²) in [4.78, 5) is 22.4. The number of carbonyl (C=O) groups excluding carboxylic acids is 1. The molecule has 49 heavy (non-hydrogen) atoms. The van der Waals surface area contributed by atoms with E-state index in [1.807, 2.05) is 6.08 Å². The molecular weight excluding hydrogens is 637 g/mol. The number of hydrogen-bond donors (Lipinski definition) is 2. The lowest BCUT2D eigenvalue weighted by atomic mass is 10.0. The minimum absolute atomic E-state index is 0.0383. The number of carbonyl (C=O) groups is 1. The van der Waals surface area contributed by atoms with E-state index >= 15 is 0 Å². The highest BCUT2D eigenvalue weighted by Gasteiger charge is 2.25. The predicted octanol–water partition coefficient (Wildman–Crippen LogP) is 12.3. The summed E-state index contributed by atoms with van der Waals surface area (Å²) in [5, 5.41) is 0. The van der Waals surface area contributed by atoms with Crippen molar-refractivity contribution in [1.82, 2.24) is 0 Å². The Labute approximate surface area is 303 Å². The van der Waals surface area contributed by atoms with Gasteiger partial charge >= 0.3 is 13.8 Å². The van der Waals surface area contributed by atoms with E-state index < -0.39 is 13.9 Å². The lowest BCUT2D eigenvalue weighted by Gasteiger charge is -2.19. The summed E-state index contributed by atoms with van der Waals surface area (Å²) >= 11 is 0. The summed E-state index contributed by atoms with van der Waals surface area (Å²) in [6.07, 6.45) is 40.3. The zero-order valence-electron chi connectivity index (χ0n) is 32.2. The van der Waals surface area contributed by atoms with Crippen LogP contribution in [0.3, 0.4) is 0 Å². The Morgan fingerprint density at radius 2 is 1.02 bits per heavy atom. The van der Waals surface area contributed by atoms with Crippen LogP contribution in [0, 0.1) is 0 Å². The monoisotopic (exact) mass is 718 g/mol. The SMILES string of the molecule is CCCCCCCCCCCCCCCC/C=C\OC[C@H](COP(=O)(O)OCCN)OC(=O)CCCCCCCCCCCCCCCC. The van der Waals surface area contributed by atoms with E-state index in [9.17, 15) is 14.3 Å². The second-order valence-electron chi connectivity index (χ2n) is 13.9. The molecule has 0 rings (SSSR count). The lowest BCUT2D eigenvalue weighted by molar-refractivity contribution is -0.153. The fourth-order valence-electron chi connectivity index (χ4n) is 5.96. The first-order valence-electron chi connectivity index (χ1n) is 20.7. The van der Waals surface area contributed by atoms with Crippen molar-refractivity contribution in [2.45, 2.75) is 213 Å². The molecule has 0 aliphatic rings. The summed E-state index contributed by atoms with van der Waals surface area (Å²) in [5.74, 6) is -0.349. The van der Waals surface area contributed by atoms with E-state index in [1.54, 1.807) is 6.26 Å². The normalized spacial score (nSPS) is 13.6. The molecule has 1 unspecified atom stereocenters. The highest BCUT2D eigenvalue weighted by Crippen LogP contribution is 2.43. The van der Waals surface area contributed by atoms with Crippen molar-refractivity contribution in [3.8, 4) is 0 Å². The molecule has 0 heterocycles. The highest BCUT2D eigenvalue weighted by molar-refractivity contribution is 7.47. The van der Waals surface area contributed by atoms with Gasteiger partial charge in [0.15, 0.2) is 6.10 Å². The largest absolute Gasteiger partial charge is 0.498 e. The summed E-state index contributed by atoms with van der Waals surface area (Å²) in [6, 6.07) is 0. The molecule has 292 valence electrons. The summed E-state index contributed by atoms with van der Waals surface area (Å²) < 4.78 is 33.1. The Balaban J connectivity index is 4.07. The molecule has 9 heteroatoms. The molecule has 8 nitrogen and oxygen atoms in total. The van der Waals surface area contributed by atoms with Crippen LogP contribution < -0.4 is 5.73 Å². The fourth-order valence-corrected chi connectivity index (χ4v) is 6.73. The zero-order chi connectivity index (χ0) is 35.9. The summed E-state index contributed by atoms with van der Waals surface area (Å²) in [6.45, 7) is 4.27. The molecule has 0 aromatic carbocycles. The van der Waals surface area contributed by atoms with Crippen molar-refractivity contribution in [2.75, 3.05) is 26.4 Å². The van der Waals surface area contributed by atoms with Crippen molar-refractivity contribution in [1.29, 1.82) is 0 Å². The van der Waals surface area contributed by atoms with Gasteiger partial charge in [-0.25, -0.2) is 4.57 Å². The molecule has 0 spiro atoms. The highest BCUT2D eigenvalue weighted by atomic mass is 31.2. The Kier molecular flexibility index (Phi) is 37.6. The standard InChI is InChI=1S/C40H80NO7P/c1-3-5-7-9-11-13-15-17-19-20-22-24-26-28-30-32-35-45-37-39(38-47-49(43,44)46-36-34-41)48-40(42)33-31-29-27-25-23-21-18-16-14-12-10-8-6-4-2/h32,35,39H,3-31,33-34,36-38,41H2,1-2H3,(H,43,44)/b35-32-/t39-/m1/s1. The van der Waals surface area contributed by atoms with Gasteiger partial charge in [0.2, 0.25) is 0 Å². The van der Waals surface area contributed by atoms with Crippen molar-refractivity contribution in [2.24, 2.45) is 5.73 Å². The van der Waals surface area contributed by atoms with E-state index in [2.05, 4.69) is 13.8 Å². The number of hydrogen-bond acceptors (Lipinski definition) is 7. The maximum Gasteiger partial charge on any atom is 0.472 e. The maximum atomic E-state index is 12.5. The van der Waals surface area contributed by atoms with Gasteiger partial charge in [-0.05, 0) is 25.3 Å². The van der Waals surface area contributed by atoms with Crippen LogP contribution in [-0.2, 0) is 27.9 Å². The van der Waals surface area contributed by atoms with Crippen LogP contribution in [0.1, 0.15) is 206 Å². The number of allylic oxidation sites excluding steroid dienone is 1. The number of unbranched alkanes of at least 4 members (excludes halogenated alkanes) is 27. The third kappa shape index (κ3) is 38.1. The van der Waals surface area contributed by atoms with E-state index in [1.165, 1.54) is 154 Å². The maximum absolute atomic E-state index is 12.5.